The van der Waals surface area contributed by atoms with Crippen molar-refractivity contribution >= 4 is 10.0 Å². The van der Waals surface area contributed by atoms with Crippen LogP contribution in [0.5, 0.6) is 0 Å². The van der Waals surface area contributed by atoms with Crippen molar-refractivity contribution in [1.29, 1.82) is 0 Å². The van der Waals surface area contributed by atoms with E-state index in [1.54, 1.807) is 26.3 Å². The second-order valence-corrected chi connectivity index (χ2v) is 6.75. The number of methoxy groups -OCH3 is 1. The summed E-state index contributed by atoms with van der Waals surface area (Å²) in [6, 6.07) is 6.93. The minimum atomic E-state index is -3.51. The van der Waals surface area contributed by atoms with Crippen LogP contribution in [-0.2, 0) is 21.3 Å². The van der Waals surface area contributed by atoms with E-state index in [4.69, 9.17) is 4.74 Å². The Morgan fingerprint density at radius 3 is 2.75 bits per heavy atom. The van der Waals surface area contributed by atoms with Crippen LogP contribution in [0.15, 0.2) is 29.2 Å². The molecule has 1 fully saturated rings. The molecule has 0 aromatic heterocycles. The Hall–Kier alpha value is -0.950. The zero-order valence-electron chi connectivity index (χ0n) is 11.9. The Labute approximate surface area is 120 Å². The summed E-state index contributed by atoms with van der Waals surface area (Å²) in [5.74, 6) is 0. The topological polar surface area (TPSA) is 67.4 Å². The third-order valence-corrected chi connectivity index (χ3v) is 5.28. The number of ether oxygens (including phenoxy) is 1. The van der Waals surface area contributed by atoms with Gasteiger partial charge in [0.05, 0.1) is 11.0 Å². The Balaban J connectivity index is 2.22. The van der Waals surface area contributed by atoms with Gasteiger partial charge < -0.3 is 10.1 Å². The predicted octanol–water partition coefficient (Wildman–Crippen LogP) is 1.25. The van der Waals surface area contributed by atoms with Crippen LogP contribution in [0.1, 0.15) is 24.8 Å². The van der Waals surface area contributed by atoms with Gasteiger partial charge in [-0.2, -0.15) is 0 Å². The van der Waals surface area contributed by atoms with Crippen LogP contribution in [0, 0.1) is 0 Å². The van der Waals surface area contributed by atoms with E-state index in [-0.39, 0.29) is 12.1 Å². The lowest BCUT2D eigenvalue weighted by atomic mass is 10.2. The number of hydrogen-bond donors (Lipinski definition) is 2. The highest BCUT2D eigenvalue weighted by Crippen LogP contribution is 2.24. The molecule has 0 spiro atoms. The first-order valence-electron chi connectivity index (χ1n) is 6.86. The molecular formula is C14H22N2O3S. The third-order valence-electron chi connectivity index (χ3n) is 3.69. The normalized spacial score (nSPS) is 23.1. The second kappa shape index (κ2) is 6.67. The molecular weight excluding hydrogens is 276 g/mol. The maximum absolute atomic E-state index is 12.6. The fourth-order valence-electron chi connectivity index (χ4n) is 2.71. The molecule has 1 saturated carbocycles. The van der Waals surface area contributed by atoms with Crippen LogP contribution >= 0.6 is 0 Å². The average Bonchev–Trinajstić information content (AvgIpc) is 2.86. The summed E-state index contributed by atoms with van der Waals surface area (Å²) in [5, 5.41) is 2.99. The van der Waals surface area contributed by atoms with Crippen molar-refractivity contribution in [2.24, 2.45) is 0 Å². The molecule has 2 N–H and O–H groups in total. The molecule has 20 heavy (non-hydrogen) atoms. The van der Waals surface area contributed by atoms with E-state index in [2.05, 4.69) is 10.0 Å². The molecule has 5 nitrogen and oxygen atoms in total. The number of sulfonamides is 1. The highest BCUT2D eigenvalue weighted by molar-refractivity contribution is 7.89. The summed E-state index contributed by atoms with van der Waals surface area (Å²) in [6.07, 6.45) is 2.69. The van der Waals surface area contributed by atoms with Crippen LogP contribution in [0.4, 0.5) is 0 Å². The summed E-state index contributed by atoms with van der Waals surface area (Å²) < 4.78 is 33.2. The number of hydrogen-bond acceptors (Lipinski definition) is 4. The van der Waals surface area contributed by atoms with Crippen molar-refractivity contribution in [3.63, 3.8) is 0 Å². The monoisotopic (exact) mass is 298 g/mol. The first-order chi connectivity index (χ1) is 9.58. The molecule has 0 bridgehead atoms. The van der Waals surface area contributed by atoms with E-state index < -0.39 is 10.0 Å². The van der Waals surface area contributed by atoms with E-state index in [9.17, 15) is 8.42 Å². The fourth-order valence-corrected chi connectivity index (χ4v) is 4.25. The van der Waals surface area contributed by atoms with E-state index in [0.717, 1.165) is 24.8 Å². The zero-order valence-corrected chi connectivity index (χ0v) is 12.7. The lowest BCUT2D eigenvalue weighted by Crippen LogP contribution is -2.41. The van der Waals surface area contributed by atoms with Gasteiger partial charge in [-0.25, -0.2) is 13.1 Å². The summed E-state index contributed by atoms with van der Waals surface area (Å²) in [6.45, 7) is 0.523. The Bertz CT molecular complexity index is 545. The molecule has 1 aromatic carbocycles. The molecule has 0 amide bonds. The van der Waals surface area contributed by atoms with Gasteiger partial charge in [-0.1, -0.05) is 18.2 Å². The Morgan fingerprint density at radius 1 is 1.30 bits per heavy atom. The summed E-state index contributed by atoms with van der Waals surface area (Å²) in [7, 11) is -0.0780. The molecule has 0 aliphatic heterocycles. The Kier molecular flexibility index (Phi) is 5.15. The molecule has 0 radical (unpaired) electrons. The largest absolute Gasteiger partial charge is 0.380 e. The minimum Gasteiger partial charge on any atom is -0.380 e. The summed E-state index contributed by atoms with van der Waals surface area (Å²) >= 11 is 0. The molecule has 0 heterocycles. The van der Waals surface area contributed by atoms with Gasteiger partial charge in [-0.15, -0.1) is 0 Å². The van der Waals surface area contributed by atoms with E-state index in [1.165, 1.54) is 0 Å². The van der Waals surface area contributed by atoms with Crippen LogP contribution in [0.25, 0.3) is 0 Å². The molecule has 112 valence electrons. The van der Waals surface area contributed by atoms with Crippen LogP contribution in [-0.4, -0.2) is 34.7 Å². The highest BCUT2D eigenvalue weighted by Gasteiger charge is 2.31. The average molecular weight is 298 g/mol. The van der Waals surface area contributed by atoms with Crippen molar-refractivity contribution in [3.05, 3.63) is 29.8 Å². The molecule has 1 aliphatic rings. The van der Waals surface area contributed by atoms with Gasteiger partial charge in [0.15, 0.2) is 0 Å². The standard InChI is InChI=1S/C14H22N2O3S/c1-15-10-11-6-3-4-9-14(11)20(17,18)16-12-7-5-8-13(12)19-2/h3-4,6,9,12-13,15-16H,5,7-8,10H2,1-2H3. The lowest BCUT2D eigenvalue weighted by molar-refractivity contribution is 0.0916. The Morgan fingerprint density at radius 2 is 2.05 bits per heavy atom. The lowest BCUT2D eigenvalue weighted by Gasteiger charge is -2.20. The van der Waals surface area contributed by atoms with Crippen LogP contribution < -0.4 is 10.0 Å². The molecule has 0 saturated heterocycles. The SMILES string of the molecule is CNCc1ccccc1S(=O)(=O)NC1CCCC1OC. The molecule has 1 aliphatic carbocycles. The van der Waals surface area contributed by atoms with E-state index >= 15 is 0 Å². The first-order valence-corrected chi connectivity index (χ1v) is 8.34. The molecule has 2 atom stereocenters. The van der Waals surface area contributed by atoms with E-state index in [1.807, 2.05) is 12.1 Å². The molecule has 2 unspecified atom stereocenters. The molecule has 2 rings (SSSR count). The van der Waals surface area contributed by atoms with Gasteiger partial charge in [0.1, 0.15) is 0 Å². The predicted molar refractivity (Wildman–Crippen MR) is 78.0 cm³/mol. The van der Waals surface area contributed by atoms with Crippen molar-refractivity contribution in [2.45, 2.75) is 42.8 Å². The van der Waals surface area contributed by atoms with Crippen molar-refractivity contribution in [1.82, 2.24) is 10.0 Å². The molecule has 6 heteroatoms. The minimum absolute atomic E-state index is 0.0266. The van der Waals surface area contributed by atoms with Crippen LogP contribution in [0.3, 0.4) is 0 Å². The van der Waals surface area contributed by atoms with Gasteiger partial charge in [-0.05, 0) is 37.9 Å². The van der Waals surface area contributed by atoms with Crippen LogP contribution in [0.2, 0.25) is 0 Å². The number of benzene rings is 1. The van der Waals surface area contributed by atoms with Gasteiger partial charge in [-0.3, -0.25) is 0 Å². The van der Waals surface area contributed by atoms with Crippen molar-refractivity contribution in [3.8, 4) is 0 Å². The quantitative estimate of drug-likeness (QED) is 0.829. The number of nitrogens with one attached hydrogen (secondary N) is 2. The summed E-state index contributed by atoms with van der Waals surface area (Å²) in [4.78, 5) is 0.344. The third kappa shape index (κ3) is 3.38. The van der Waals surface area contributed by atoms with Crippen molar-refractivity contribution in [2.75, 3.05) is 14.2 Å². The van der Waals surface area contributed by atoms with Gasteiger partial charge in [0.25, 0.3) is 0 Å². The highest BCUT2D eigenvalue weighted by atomic mass is 32.2. The summed E-state index contributed by atoms with van der Waals surface area (Å²) in [5.41, 5.74) is 0.773. The van der Waals surface area contributed by atoms with Gasteiger partial charge >= 0.3 is 0 Å². The maximum atomic E-state index is 12.6. The first kappa shape index (κ1) is 15.4. The smallest absolute Gasteiger partial charge is 0.241 e. The molecule has 1 aromatic rings. The fraction of sp³-hybridized carbons (Fsp3) is 0.571. The number of rotatable bonds is 6. The van der Waals surface area contributed by atoms with Crippen molar-refractivity contribution < 1.29 is 13.2 Å². The van der Waals surface area contributed by atoms with Gasteiger partial charge in [0, 0.05) is 19.7 Å². The van der Waals surface area contributed by atoms with Gasteiger partial charge in [0.2, 0.25) is 10.0 Å². The maximum Gasteiger partial charge on any atom is 0.241 e. The van der Waals surface area contributed by atoms with E-state index in [0.29, 0.717) is 11.4 Å². The second-order valence-electron chi connectivity index (χ2n) is 5.07. The zero-order chi connectivity index (χ0) is 14.6.